The van der Waals surface area contributed by atoms with Crippen LogP contribution in [0.3, 0.4) is 0 Å². The van der Waals surface area contributed by atoms with Gasteiger partial charge in [0.15, 0.2) is 0 Å². The molecular formula is C14H23N3O3. The number of anilines is 1. The fourth-order valence-corrected chi connectivity index (χ4v) is 1.91. The second-order valence-electron chi connectivity index (χ2n) is 4.52. The van der Waals surface area contributed by atoms with Gasteiger partial charge in [-0.2, -0.15) is 0 Å². The number of hydrogen-bond donors (Lipinski definition) is 2. The van der Waals surface area contributed by atoms with Crippen LogP contribution in [0.25, 0.3) is 0 Å². The SMILES string of the molecule is CCCn1cc(N)cc1C(=O)NCCCC(=O)OCC. The zero-order chi connectivity index (χ0) is 15.0. The number of carbonyl (C=O) groups excluding carboxylic acids is 2. The molecule has 6 nitrogen and oxygen atoms in total. The number of nitrogens with two attached hydrogens (primary N) is 1. The predicted molar refractivity (Wildman–Crippen MR) is 77.3 cm³/mol. The molecule has 0 saturated heterocycles. The Bertz CT molecular complexity index is 455. The number of esters is 1. The summed E-state index contributed by atoms with van der Waals surface area (Å²) in [6.07, 6.45) is 3.56. The fourth-order valence-electron chi connectivity index (χ4n) is 1.91. The van der Waals surface area contributed by atoms with Gasteiger partial charge in [-0.05, 0) is 25.8 Å². The van der Waals surface area contributed by atoms with E-state index >= 15 is 0 Å². The van der Waals surface area contributed by atoms with Gasteiger partial charge in [-0.3, -0.25) is 9.59 Å². The number of amides is 1. The molecule has 1 heterocycles. The highest BCUT2D eigenvalue weighted by Gasteiger charge is 2.12. The highest BCUT2D eigenvalue weighted by atomic mass is 16.5. The lowest BCUT2D eigenvalue weighted by Gasteiger charge is -2.08. The van der Waals surface area contributed by atoms with E-state index in [9.17, 15) is 9.59 Å². The van der Waals surface area contributed by atoms with Crippen LogP contribution in [0.5, 0.6) is 0 Å². The number of nitrogen functional groups attached to an aromatic ring is 1. The van der Waals surface area contributed by atoms with Crippen molar-refractivity contribution in [1.29, 1.82) is 0 Å². The number of nitrogens with one attached hydrogen (secondary N) is 1. The van der Waals surface area contributed by atoms with Crippen LogP contribution >= 0.6 is 0 Å². The van der Waals surface area contributed by atoms with Gasteiger partial charge in [0.2, 0.25) is 0 Å². The number of aryl methyl sites for hydroxylation is 1. The molecule has 0 spiro atoms. The molecule has 3 N–H and O–H groups in total. The molecule has 0 aromatic carbocycles. The van der Waals surface area contributed by atoms with Crippen LogP contribution in [0.1, 0.15) is 43.6 Å². The van der Waals surface area contributed by atoms with E-state index < -0.39 is 0 Å². The lowest BCUT2D eigenvalue weighted by molar-refractivity contribution is -0.143. The van der Waals surface area contributed by atoms with Gasteiger partial charge in [-0.15, -0.1) is 0 Å². The average molecular weight is 281 g/mol. The van der Waals surface area contributed by atoms with E-state index in [1.54, 1.807) is 19.2 Å². The minimum absolute atomic E-state index is 0.168. The van der Waals surface area contributed by atoms with Gasteiger partial charge >= 0.3 is 5.97 Å². The minimum atomic E-state index is -0.236. The Hall–Kier alpha value is -1.98. The zero-order valence-corrected chi connectivity index (χ0v) is 12.1. The number of ether oxygens (including phenoxy) is 1. The Morgan fingerprint density at radius 1 is 1.40 bits per heavy atom. The summed E-state index contributed by atoms with van der Waals surface area (Å²) in [4.78, 5) is 23.2. The molecule has 0 aliphatic rings. The molecule has 0 unspecified atom stereocenters. The van der Waals surface area contributed by atoms with Crippen LogP contribution in [-0.2, 0) is 16.1 Å². The Morgan fingerprint density at radius 3 is 2.80 bits per heavy atom. The maximum Gasteiger partial charge on any atom is 0.305 e. The monoisotopic (exact) mass is 281 g/mol. The molecule has 1 aromatic rings. The van der Waals surface area contributed by atoms with Crippen LogP contribution in [0.4, 0.5) is 5.69 Å². The number of nitrogens with zero attached hydrogens (tertiary/aromatic N) is 1. The van der Waals surface area contributed by atoms with Crippen LogP contribution < -0.4 is 11.1 Å². The van der Waals surface area contributed by atoms with Crippen molar-refractivity contribution in [3.8, 4) is 0 Å². The van der Waals surface area contributed by atoms with Crippen molar-refractivity contribution < 1.29 is 14.3 Å². The third-order valence-electron chi connectivity index (χ3n) is 2.76. The number of aromatic nitrogens is 1. The molecule has 0 radical (unpaired) electrons. The third-order valence-corrected chi connectivity index (χ3v) is 2.76. The molecule has 1 rings (SSSR count). The lowest BCUT2D eigenvalue weighted by atomic mass is 10.3. The van der Waals surface area contributed by atoms with Gasteiger partial charge in [-0.25, -0.2) is 0 Å². The Balaban J connectivity index is 2.41. The van der Waals surface area contributed by atoms with Crippen molar-refractivity contribution in [2.45, 2.75) is 39.7 Å². The van der Waals surface area contributed by atoms with Gasteiger partial charge in [-0.1, -0.05) is 6.92 Å². The van der Waals surface area contributed by atoms with Crippen molar-refractivity contribution in [2.24, 2.45) is 0 Å². The highest BCUT2D eigenvalue weighted by Crippen LogP contribution is 2.11. The van der Waals surface area contributed by atoms with Crippen LogP contribution in [0.2, 0.25) is 0 Å². The second-order valence-corrected chi connectivity index (χ2v) is 4.52. The summed E-state index contributed by atoms with van der Waals surface area (Å²) in [5, 5.41) is 2.79. The Morgan fingerprint density at radius 2 is 2.15 bits per heavy atom. The van der Waals surface area contributed by atoms with E-state index in [0.717, 1.165) is 13.0 Å². The molecule has 112 valence electrons. The van der Waals surface area contributed by atoms with Crippen molar-refractivity contribution in [3.05, 3.63) is 18.0 Å². The largest absolute Gasteiger partial charge is 0.466 e. The zero-order valence-electron chi connectivity index (χ0n) is 12.1. The van der Waals surface area contributed by atoms with E-state index in [2.05, 4.69) is 5.32 Å². The molecule has 1 amide bonds. The van der Waals surface area contributed by atoms with Crippen LogP contribution in [0.15, 0.2) is 12.3 Å². The molecule has 1 aromatic heterocycles. The molecule has 0 fully saturated rings. The van der Waals surface area contributed by atoms with E-state index in [1.807, 2.05) is 11.5 Å². The Labute approximate surface area is 119 Å². The third kappa shape index (κ3) is 4.95. The van der Waals surface area contributed by atoms with Gasteiger partial charge in [0.05, 0.1) is 12.3 Å². The van der Waals surface area contributed by atoms with E-state index in [1.165, 1.54) is 0 Å². The normalized spacial score (nSPS) is 10.3. The molecule has 0 atom stereocenters. The smallest absolute Gasteiger partial charge is 0.305 e. The summed E-state index contributed by atoms with van der Waals surface area (Å²) in [5.74, 6) is -0.403. The van der Waals surface area contributed by atoms with Crippen LogP contribution in [0, 0.1) is 0 Å². The van der Waals surface area contributed by atoms with Crippen molar-refractivity contribution in [1.82, 2.24) is 9.88 Å². The minimum Gasteiger partial charge on any atom is -0.466 e. The van der Waals surface area contributed by atoms with E-state index in [0.29, 0.717) is 37.4 Å². The maximum absolute atomic E-state index is 12.0. The summed E-state index contributed by atoms with van der Waals surface area (Å²) < 4.78 is 6.66. The van der Waals surface area contributed by atoms with Gasteiger partial charge < -0.3 is 20.4 Å². The summed E-state index contributed by atoms with van der Waals surface area (Å²) >= 11 is 0. The first-order valence-corrected chi connectivity index (χ1v) is 6.98. The van der Waals surface area contributed by atoms with E-state index in [-0.39, 0.29) is 11.9 Å². The molecule has 0 aliphatic carbocycles. The molecule has 20 heavy (non-hydrogen) atoms. The second kappa shape index (κ2) is 8.24. The Kier molecular flexibility index (Phi) is 6.63. The summed E-state index contributed by atoms with van der Waals surface area (Å²) in [6.45, 7) is 5.38. The topological polar surface area (TPSA) is 86.4 Å². The molecular weight excluding hydrogens is 258 g/mol. The first-order valence-electron chi connectivity index (χ1n) is 6.98. The first-order chi connectivity index (χ1) is 9.58. The molecule has 6 heteroatoms. The van der Waals surface area contributed by atoms with Crippen LogP contribution in [-0.4, -0.2) is 29.6 Å². The first kappa shape index (κ1) is 16.1. The van der Waals surface area contributed by atoms with Gasteiger partial charge in [0, 0.05) is 25.7 Å². The van der Waals surface area contributed by atoms with E-state index in [4.69, 9.17) is 10.5 Å². The number of carbonyl (C=O) groups is 2. The molecule has 0 bridgehead atoms. The number of rotatable bonds is 8. The molecule has 0 aliphatic heterocycles. The fraction of sp³-hybridized carbons (Fsp3) is 0.571. The van der Waals surface area contributed by atoms with Crippen molar-refractivity contribution in [3.63, 3.8) is 0 Å². The quantitative estimate of drug-likeness (QED) is 0.559. The van der Waals surface area contributed by atoms with Gasteiger partial charge in [0.25, 0.3) is 5.91 Å². The maximum atomic E-state index is 12.0. The summed E-state index contributed by atoms with van der Waals surface area (Å²) in [7, 11) is 0. The summed E-state index contributed by atoms with van der Waals surface area (Å²) in [5.41, 5.74) is 6.85. The predicted octanol–water partition coefficient (Wildman–Crippen LogP) is 1.55. The number of hydrogen-bond acceptors (Lipinski definition) is 4. The van der Waals surface area contributed by atoms with Crippen molar-refractivity contribution in [2.75, 3.05) is 18.9 Å². The summed E-state index contributed by atoms with van der Waals surface area (Å²) in [6, 6.07) is 1.66. The standard InChI is InChI=1S/C14H23N3O3/c1-3-8-17-10-11(15)9-12(17)14(19)16-7-5-6-13(18)20-4-2/h9-10H,3-8,15H2,1-2H3,(H,16,19). The highest BCUT2D eigenvalue weighted by molar-refractivity contribution is 5.93. The molecule has 0 saturated carbocycles. The van der Waals surface area contributed by atoms with Gasteiger partial charge in [0.1, 0.15) is 5.69 Å². The van der Waals surface area contributed by atoms with Crippen molar-refractivity contribution >= 4 is 17.6 Å². The lowest BCUT2D eigenvalue weighted by Crippen LogP contribution is -2.27. The average Bonchev–Trinajstić information content (AvgIpc) is 2.76.